The Kier molecular flexibility index (Phi) is 5.66. The van der Waals surface area contributed by atoms with Gasteiger partial charge in [0.1, 0.15) is 0 Å². The molecule has 2 saturated heterocycles. The topological polar surface area (TPSA) is 18.5 Å². The second-order valence-corrected chi connectivity index (χ2v) is 6.49. The van der Waals surface area contributed by atoms with Crippen molar-refractivity contribution in [2.75, 3.05) is 39.3 Å². The molecule has 3 rings (SSSR count). The van der Waals surface area contributed by atoms with Crippen molar-refractivity contribution in [2.24, 2.45) is 0 Å². The molecule has 3 nitrogen and oxygen atoms in total. The molecule has 3 heterocycles. The summed E-state index contributed by atoms with van der Waals surface area (Å²) in [5.41, 5.74) is 1.46. The highest BCUT2D eigenvalue weighted by Gasteiger charge is 2.26. The molecule has 5 heteroatoms. The minimum absolute atomic E-state index is 0. The number of rotatable bonds is 3. The van der Waals surface area contributed by atoms with Crippen LogP contribution in [0.2, 0.25) is 0 Å². The van der Waals surface area contributed by atoms with Crippen LogP contribution in [0.15, 0.2) is 11.4 Å². The number of hydrogen-bond donors (Lipinski definition) is 1. The summed E-state index contributed by atoms with van der Waals surface area (Å²) in [5.74, 6) is 0. The van der Waals surface area contributed by atoms with Gasteiger partial charge in [0.05, 0.1) is 0 Å². The van der Waals surface area contributed by atoms with Crippen LogP contribution in [0.25, 0.3) is 0 Å². The summed E-state index contributed by atoms with van der Waals surface area (Å²) in [6.45, 7) is 10.7. The summed E-state index contributed by atoms with van der Waals surface area (Å²) in [5, 5.41) is 5.68. The van der Waals surface area contributed by atoms with Crippen LogP contribution in [-0.2, 0) is 6.54 Å². The van der Waals surface area contributed by atoms with Crippen LogP contribution in [0.4, 0.5) is 0 Å². The van der Waals surface area contributed by atoms with E-state index in [0.29, 0.717) is 0 Å². The van der Waals surface area contributed by atoms with Gasteiger partial charge in [0.25, 0.3) is 0 Å². The van der Waals surface area contributed by atoms with Gasteiger partial charge in [-0.3, -0.25) is 9.80 Å². The van der Waals surface area contributed by atoms with E-state index >= 15 is 0 Å². The molecule has 0 aliphatic carbocycles. The Balaban J connectivity index is 0.00000133. The van der Waals surface area contributed by atoms with Crippen molar-refractivity contribution in [3.05, 3.63) is 21.9 Å². The molecule has 1 aromatic heterocycles. The minimum Gasteiger partial charge on any atom is -0.315 e. The second kappa shape index (κ2) is 7.04. The van der Waals surface area contributed by atoms with Crippen LogP contribution >= 0.6 is 23.7 Å². The van der Waals surface area contributed by atoms with Crippen LogP contribution in [0.5, 0.6) is 0 Å². The molecule has 0 radical (unpaired) electrons. The largest absolute Gasteiger partial charge is 0.315 e. The van der Waals surface area contributed by atoms with Gasteiger partial charge < -0.3 is 5.32 Å². The van der Waals surface area contributed by atoms with Crippen molar-refractivity contribution in [3.63, 3.8) is 0 Å². The molecule has 2 fully saturated rings. The van der Waals surface area contributed by atoms with Gasteiger partial charge in [-0.1, -0.05) is 0 Å². The maximum atomic E-state index is 3.47. The standard InChI is InChI=1S/C14H23N3S.ClH/c1-12-3-9-18-14(12)11-16-5-7-17(8-6-16)13-2-4-15-10-13;/h3,9,13,15H,2,4-8,10-11H2,1H3;1H. The van der Waals surface area contributed by atoms with Crippen LogP contribution < -0.4 is 5.32 Å². The van der Waals surface area contributed by atoms with Gasteiger partial charge in [0.15, 0.2) is 0 Å². The summed E-state index contributed by atoms with van der Waals surface area (Å²) < 4.78 is 0. The minimum atomic E-state index is 0. The average Bonchev–Trinajstić information content (AvgIpc) is 3.03. The normalized spacial score (nSPS) is 25.4. The molecular formula is C14H24ClN3S. The quantitative estimate of drug-likeness (QED) is 0.921. The summed E-state index contributed by atoms with van der Waals surface area (Å²) in [4.78, 5) is 6.83. The van der Waals surface area contributed by atoms with Gasteiger partial charge in [-0.25, -0.2) is 0 Å². The van der Waals surface area contributed by atoms with Crippen molar-refractivity contribution in [3.8, 4) is 0 Å². The third kappa shape index (κ3) is 3.70. The molecule has 2 aliphatic heterocycles. The van der Waals surface area contributed by atoms with E-state index in [1.165, 1.54) is 51.3 Å². The van der Waals surface area contributed by atoms with E-state index in [1.54, 1.807) is 4.88 Å². The van der Waals surface area contributed by atoms with E-state index in [2.05, 4.69) is 33.5 Å². The van der Waals surface area contributed by atoms with E-state index in [4.69, 9.17) is 0 Å². The van der Waals surface area contributed by atoms with Gasteiger partial charge >= 0.3 is 0 Å². The smallest absolute Gasteiger partial charge is 0.0331 e. The molecule has 1 atom stereocenters. The van der Waals surface area contributed by atoms with Gasteiger partial charge in [0.2, 0.25) is 0 Å². The maximum absolute atomic E-state index is 3.47. The molecule has 108 valence electrons. The predicted octanol–water partition coefficient (Wildman–Crippen LogP) is 1.96. The second-order valence-electron chi connectivity index (χ2n) is 5.49. The number of aryl methyl sites for hydroxylation is 1. The molecule has 0 amide bonds. The highest BCUT2D eigenvalue weighted by atomic mass is 35.5. The Labute approximate surface area is 126 Å². The average molecular weight is 302 g/mol. The number of hydrogen-bond acceptors (Lipinski definition) is 4. The highest BCUT2D eigenvalue weighted by Crippen LogP contribution is 2.19. The molecule has 2 aliphatic rings. The third-order valence-corrected chi connectivity index (χ3v) is 5.30. The zero-order valence-corrected chi connectivity index (χ0v) is 13.2. The predicted molar refractivity (Wildman–Crippen MR) is 84.4 cm³/mol. The number of halogens is 1. The zero-order chi connectivity index (χ0) is 12.4. The van der Waals surface area contributed by atoms with E-state index in [1.807, 2.05) is 11.3 Å². The van der Waals surface area contributed by atoms with Crippen LogP contribution in [-0.4, -0.2) is 55.1 Å². The number of thiophene rings is 1. The first-order chi connectivity index (χ1) is 8.83. The lowest BCUT2D eigenvalue weighted by Crippen LogP contribution is -2.50. The zero-order valence-electron chi connectivity index (χ0n) is 11.6. The molecular weight excluding hydrogens is 278 g/mol. The lowest BCUT2D eigenvalue weighted by atomic mass is 10.2. The van der Waals surface area contributed by atoms with Crippen molar-refractivity contribution >= 4 is 23.7 Å². The molecule has 1 unspecified atom stereocenters. The van der Waals surface area contributed by atoms with E-state index in [9.17, 15) is 0 Å². The number of piperazine rings is 1. The summed E-state index contributed by atoms with van der Waals surface area (Å²) in [6.07, 6.45) is 1.34. The molecule has 0 bridgehead atoms. The molecule has 0 saturated carbocycles. The van der Waals surface area contributed by atoms with Crippen LogP contribution in [0, 0.1) is 6.92 Å². The Morgan fingerprint density at radius 1 is 1.32 bits per heavy atom. The number of nitrogens with zero attached hydrogens (tertiary/aromatic N) is 2. The van der Waals surface area contributed by atoms with Gasteiger partial charge in [0, 0.05) is 50.2 Å². The summed E-state index contributed by atoms with van der Waals surface area (Å²) >= 11 is 1.90. The lowest BCUT2D eigenvalue weighted by molar-refractivity contribution is 0.0986. The van der Waals surface area contributed by atoms with E-state index < -0.39 is 0 Å². The van der Waals surface area contributed by atoms with E-state index in [-0.39, 0.29) is 12.4 Å². The molecule has 1 N–H and O–H groups in total. The first-order valence-corrected chi connectivity index (χ1v) is 7.91. The number of nitrogens with one attached hydrogen (secondary N) is 1. The van der Waals surface area contributed by atoms with Crippen LogP contribution in [0.1, 0.15) is 16.9 Å². The Hall–Kier alpha value is -0.130. The van der Waals surface area contributed by atoms with Crippen molar-refractivity contribution in [1.82, 2.24) is 15.1 Å². The van der Waals surface area contributed by atoms with E-state index in [0.717, 1.165) is 12.6 Å². The molecule has 0 spiro atoms. The highest BCUT2D eigenvalue weighted by molar-refractivity contribution is 7.10. The fourth-order valence-corrected chi connectivity index (χ4v) is 3.95. The van der Waals surface area contributed by atoms with Crippen LogP contribution in [0.3, 0.4) is 0 Å². The first kappa shape index (κ1) is 15.3. The molecule has 19 heavy (non-hydrogen) atoms. The van der Waals surface area contributed by atoms with Gasteiger partial charge in [-0.15, -0.1) is 23.7 Å². The fourth-order valence-electron chi connectivity index (χ4n) is 3.01. The third-order valence-electron chi connectivity index (χ3n) is 4.29. The molecule has 1 aromatic rings. The SMILES string of the molecule is Cc1ccsc1CN1CCN(C2CCNC2)CC1.Cl. The van der Waals surface area contributed by atoms with Crippen molar-refractivity contribution in [1.29, 1.82) is 0 Å². The summed E-state index contributed by atoms with van der Waals surface area (Å²) in [7, 11) is 0. The maximum Gasteiger partial charge on any atom is 0.0331 e. The fraction of sp³-hybridized carbons (Fsp3) is 0.714. The lowest BCUT2D eigenvalue weighted by Gasteiger charge is -2.37. The Morgan fingerprint density at radius 3 is 2.68 bits per heavy atom. The van der Waals surface area contributed by atoms with Crippen molar-refractivity contribution < 1.29 is 0 Å². The van der Waals surface area contributed by atoms with Gasteiger partial charge in [-0.2, -0.15) is 0 Å². The Morgan fingerprint density at radius 2 is 2.11 bits per heavy atom. The Bertz CT molecular complexity index is 382. The first-order valence-electron chi connectivity index (χ1n) is 7.03. The monoisotopic (exact) mass is 301 g/mol. The molecule has 0 aromatic carbocycles. The van der Waals surface area contributed by atoms with Crippen molar-refractivity contribution in [2.45, 2.75) is 25.9 Å². The summed E-state index contributed by atoms with van der Waals surface area (Å²) in [6, 6.07) is 3.04. The van der Waals surface area contributed by atoms with Gasteiger partial charge in [-0.05, 0) is 36.9 Å².